The molecule has 0 aliphatic rings. The smallest absolute Gasteiger partial charge is 0.241 e. The number of anilines is 2. The zero-order chi connectivity index (χ0) is 13.9. The summed E-state index contributed by atoms with van der Waals surface area (Å²) in [4.78, 5) is 8.48. The minimum atomic E-state index is 0.341. The number of nitrogens with one attached hydrogen (secondary N) is 3. The molecule has 0 saturated heterocycles. The Kier molecular flexibility index (Phi) is 3.18. The SMILES string of the molecule is Cc1ccc(CNc2nc(NN)nc3[nH]ncc23)cc1. The molecule has 0 fully saturated rings. The molecule has 0 unspecified atom stereocenters. The van der Waals surface area contributed by atoms with Crippen LogP contribution >= 0.6 is 0 Å². The van der Waals surface area contributed by atoms with Gasteiger partial charge in [0, 0.05) is 6.54 Å². The van der Waals surface area contributed by atoms with Gasteiger partial charge in [-0.25, -0.2) is 5.84 Å². The van der Waals surface area contributed by atoms with E-state index in [0.717, 1.165) is 5.39 Å². The number of H-pyrrole nitrogens is 1. The summed E-state index contributed by atoms with van der Waals surface area (Å²) in [5.74, 6) is 6.40. The summed E-state index contributed by atoms with van der Waals surface area (Å²) in [6.45, 7) is 2.73. The zero-order valence-electron chi connectivity index (χ0n) is 11.0. The maximum Gasteiger partial charge on any atom is 0.241 e. The van der Waals surface area contributed by atoms with Crippen LogP contribution in [0.25, 0.3) is 11.0 Å². The number of benzene rings is 1. The van der Waals surface area contributed by atoms with Gasteiger partial charge in [-0.15, -0.1) is 0 Å². The van der Waals surface area contributed by atoms with E-state index in [0.29, 0.717) is 24.0 Å². The maximum absolute atomic E-state index is 5.37. The summed E-state index contributed by atoms with van der Waals surface area (Å²) < 4.78 is 0. The van der Waals surface area contributed by atoms with E-state index in [1.54, 1.807) is 6.20 Å². The molecule has 3 aromatic rings. The lowest BCUT2D eigenvalue weighted by molar-refractivity contribution is 1.07. The van der Waals surface area contributed by atoms with E-state index in [9.17, 15) is 0 Å². The number of hydrogen-bond donors (Lipinski definition) is 4. The van der Waals surface area contributed by atoms with Crippen molar-refractivity contribution in [2.75, 3.05) is 10.7 Å². The molecule has 0 bridgehead atoms. The summed E-state index contributed by atoms with van der Waals surface area (Å²) in [6, 6.07) is 8.32. The van der Waals surface area contributed by atoms with E-state index in [4.69, 9.17) is 5.84 Å². The second-order valence-corrected chi connectivity index (χ2v) is 4.51. The first-order valence-electron chi connectivity index (χ1n) is 6.23. The third-order valence-corrected chi connectivity index (χ3v) is 3.02. The molecule has 7 heteroatoms. The predicted octanol–water partition coefficient (Wildman–Crippen LogP) is 1.56. The van der Waals surface area contributed by atoms with E-state index in [1.165, 1.54) is 11.1 Å². The number of rotatable bonds is 4. The number of hydrazine groups is 1. The van der Waals surface area contributed by atoms with Gasteiger partial charge in [-0.3, -0.25) is 10.5 Å². The molecule has 7 nitrogen and oxygen atoms in total. The largest absolute Gasteiger partial charge is 0.365 e. The number of nitrogens with two attached hydrogens (primary N) is 1. The average molecular weight is 269 g/mol. The molecular weight excluding hydrogens is 254 g/mol. The fourth-order valence-corrected chi connectivity index (χ4v) is 1.93. The molecule has 0 aliphatic carbocycles. The fraction of sp³-hybridized carbons (Fsp3) is 0.154. The van der Waals surface area contributed by atoms with Crippen molar-refractivity contribution < 1.29 is 0 Å². The van der Waals surface area contributed by atoms with Gasteiger partial charge in [0.05, 0.1) is 11.6 Å². The molecule has 0 amide bonds. The van der Waals surface area contributed by atoms with Crippen LogP contribution < -0.4 is 16.6 Å². The minimum Gasteiger partial charge on any atom is -0.365 e. The highest BCUT2D eigenvalue weighted by molar-refractivity contribution is 5.86. The first kappa shape index (κ1) is 12.4. The quantitative estimate of drug-likeness (QED) is 0.423. The van der Waals surface area contributed by atoms with Crippen molar-refractivity contribution >= 4 is 22.8 Å². The van der Waals surface area contributed by atoms with Gasteiger partial charge in [0.1, 0.15) is 5.82 Å². The number of aryl methyl sites for hydroxylation is 1. The molecule has 0 aliphatic heterocycles. The topological polar surface area (TPSA) is 105 Å². The Labute approximate surface area is 115 Å². The van der Waals surface area contributed by atoms with Crippen LogP contribution in [-0.4, -0.2) is 20.2 Å². The van der Waals surface area contributed by atoms with Gasteiger partial charge in [-0.2, -0.15) is 15.1 Å². The molecule has 102 valence electrons. The van der Waals surface area contributed by atoms with Crippen LogP contribution in [-0.2, 0) is 6.54 Å². The van der Waals surface area contributed by atoms with Crippen molar-refractivity contribution in [1.29, 1.82) is 0 Å². The Morgan fingerprint density at radius 1 is 1.20 bits per heavy atom. The van der Waals surface area contributed by atoms with E-state index in [-0.39, 0.29) is 0 Å². The van der Waals surface area contributed by atoms with Crippen molar-refractivity contribution in [2.24, 2.45) is 5.84 Å². The van der Waals surface area contributed by atoms with Gasteiger partial charge in [0.15, 0.2) is 5.65 Å². The molecule has 0 atom stereocenters. The van der Waals surface area contributed by atoms with Crippen molar-refractivity contribution in [2.45, 2.75) is 13.5 Å². The summed E-state index contributed by atoms with van der Waals surface area (Å²) in [7, 11) is 0. The molecule has 3 rings (SSSR count). The van der Waals surface area contributed by atoms with Gasteiger partial charge < -0.3 is 5.32 Å². The van der Waals surface area contributed by atoms with Gasteiger partial charge in [-0.1, -0.05) is 29.8 Å². The molecule has 20 heavy (non-hydrogen) atoms. The molecular formula is C13H15N7. The lowest BCUT2D eigenvalue weighted by Crippen LogP contribution is -2.12. The molecule has 2 aromatic heterocycles. The molecule has 0 spiro atoms. The van der Waals surface area contributed by atoms with Crippen molar-refractivity contribution in [3.05, 3.63) is 41.6 Å². The molecule has 5 N–H and O–H groups in total. The highest BCUT2D eigenvalue weighted by Gasteiger charge is 2.08. The van der Waals surface area contributed by atoms with Gasteiger partial charge in [0.2, 0.25) is 5.95 Å². The lowest BCUT2D eigenvalue weighted by Gasteiger charge is -2.08. The minimum absolute atomic E-state index is 0.341. The van der Waals surface area contributed by atoms with Crippen LogP contribution in [0.2, 0.25) is 0 Å². The Hall–Kier alpha value is -2.67. The summed E-state index contributed by atoms with van der Waals surface area (Å²) in [6.07, 6.45) is 1.69. The van der Waals surface area contributed by atoms with E-state index >= 15 is 0 Å². The van der Waals surface area contributed by atoms with Crippen molar-refractivity contribution in [3.8, 4) is 0 Å². The van der Waals surface area contributed by atoms with Crippen molar-refractivity contribution in [1.82, 2.24) is 20.2 Å². The summed E-state index contributed by atoms with van der Waals surface area (Å²) in [5, 5.41) is 10.9. The molecule has 0 radical (unpaired) electrons. The van der Waals surface area contributed by atoms with Crippen LogP contribution in [0.4, 0.5) is 11.8 Å². The van der Waals surface area contributed by atoms with Gasteiger partial charge in [0.25, 0.3) is 0 Å². The highest BCUT2D eigenvalue weighted by atomic mass is 15.3. The van der Waals surface area contributed by atoms with Crippen molar-refractivity contribution in [3.63, 3.8) is 0 Å². The second kappa shape index (κ2) is 5.14. The first-order valence-corrected chi connectivity index (χ1v) is 6.23. The summed E-state index contributed by atoms with van der Waals surface area (Å²) in [5.41, 5.74) is 5.50. The standard InChI is InChI=1S/C13H15N7/c1-8-2-4-9(5-3-8)6-15-11-10-7-16-20-12(10)18-13(17-11)19-14/h2-5,7H,6,14H2,1H3,(H3,15,16,17,18,19,20). The first-order chi connectivity index (χ1) is 9.76. The number of fused-ring (bicyclic) bond motifs is 1. The molecule has 2 heterocycles. The molecule has 1 aromatic carbocycles. The number of aromatic nitrogens is 4. The maximum atomic E-state index is 5.37. The Morgan fingerprint density at radius 2 is 2.00 bits per heavy atom. The Balaban J connectivity index is 1.86. The number of aromatic amines is 1. The molecule has 0 saturated carbocycles. The van der Waals surface area contributed by atoms with Crippen LogP contribution in [0.3, 0.4) is 0 Å². The average Bonchev–Trinajstić information content (AvgIpc) is 2.94. The monoisotopic (exact) mass is 269 g/mol. The zero-order valence-corrected chi connectivity index (χ0v) is 11.0. The van der Waals surface area contributed by atoms with Crippen LogP contribution in [0.5, 0.6) is 0 Å². The van der Waals surface area contributed by atoms with E-state index in [1.807, 2.05) is 0 Å². The normalized spacial score (nSPS) is 10.7. The summed E-state index contributed by atoms with van der Waals surface area (Å²) >= 11 is 0. The third kappa shape index (κ3) is 2.39. The lowest BCUT2D eigenvalue weighted by atomic mass is 10.1. The van der Waals surface area contributed by atoms with Gasteiger partial charge in [-0.05, 0) is 12.5 Å². The van der Waals surface area contributed by atoms with Gasteiger partial charge >= 0.3 is 0 Å². The van der Waals surface area contributed by atoms with Crippen LogP contribution in [0, 0.1) is 6.92 Å². The Bertz CT molecular complexity index is 717. The highest BCUT2D eigenvalue weighted by Crippen LogP contribution is 2.20. The van der Waals surface area contributed by atoms with Crippen LogP contribution in [0.1, 0.15) is 11.1 Å². The van der Waals surface area contributed by atoms with E-state index in [2.05, 4.69) is 62.1 Å². The van der Waals surface area contributed by atoms with Crippen LogP contribution in [0.15, 0.2) is 30.5 Å². The third-order valence-electron chi connectivity index (χ3n) is 3.02. The fourth-order valence-electron chi connectivity index (χ4n) is 1.93. The number of nitrogens with zero attached hydrogens (tertiary/aromatic N) is 3. The van der Waals surface area contributed by atoms with E-state index < -0.39 is 0 Å². The Morgan fingerprint density at radius 3 is 2.75 bits per heavy atom. The number of nitrogen functional groups attached to an aromatic ring is 1. The number of hydrogen-bond acceptors (Lipinski definition) is 6. The predicted molar refractivity (Wildman–Crippen MR) is 78.0 cm³/mol. The second-order valence-electron chi connectivity index (χ2n) is 4.51.